The maximum absolute atomic E-state index is 14.5. The lowest BCUT2D eigenvalue weighted by molar-refractivity contribution is -0.139. The molecule has 2 fully saturated rings. The molecular weight excluding hydrogens is 684 g/mol. The summed E-state index contributed by atoms with van der Waals surface area (Å²) in [7, 11) is 0. The minimum absolute atomic E-state index is 0.0140. The summed E-state index contributed by atoms with van der Waals surface area (Å²) < 4.78 is 8.60. The molecule has 2 aliphatic heterocycles. The molecule has 0 radical (unpaired) electrons. The van der Waals surface area contributed by atoms with Gasteiger partial charge in [-0.3, -0.25) is 19.1 Å². The lowest BCUT2D eigenvalue weighted by atomic mass is 9.95. The number of aromatic nitrogens is 5. The number of nitrogens with zero attached hydrogens (tertiary/aromatic N) is 6. The average Bonchev–Trinajstić information content (AvgIpc) is 3.48. The lowest BCUT2D eigenvalue weighted by Gasteiger charge is -2.27. The van der Waals surface area contributed by atoms with E-state index in [1.54, 1.807) is 17.1 Å². The molecule has 10 nitrogen and oxygen atoms in total. The van der Waals surface area contributed by atoms with Gasteiger partial charge in [0.15, 0.2) is 11.6 Å². The number of amides is 1. The molecule has 4 aromatic rings. The first kappa shape index (κ1) is 33.7. The fourth-order valence-electron chi connectivity index (χ4n) is 7.87. The first-order valence-corrected chi connectivity index (χ1v) is 18.3. The lowest BCUT2D eigenvalue weighted by Crippen LogP contribution is -2.45. The first-order chi connectivity index (χ1) is 23.6. The SMILES string of the molecule is CC(=O)c1nn2c3c(cc(-c4cnc(C)nc4)cc13)CCCCCCCCOC[C@@]13C[C@@H](C(=O)Cc4nc(Br)ccc4C)N(C(=O)C2)[C@@H]1C3. The van der Waals surface area contributed by atoms with E-state index in [0.717, 1.165) is 84.5 Å². The van der Waals surface area contributed by atoms with E-state index in [4.69, 9.17) is 9.84 Å². The van der Waals surface area contributed by atoms with E-state index in [1.807, 2.05) is 36.9 Å². The van der Waals surface area contributed by atoms with Crippen molar-refractivity contribution in [3.05, 3.63) is 69.6 Å². The number of Topliss-reactive ketones (excluding diaryl/α,β-unsaturated/α-hetero) is 2. The van der Waals surface area contributed by atoms with Gasteiger partial charge >= 0.3 is 0 Å². The van der Waals surface area contributed by atoms with Gasteiger partial charge in [0.25, 0.3) is 0 Å². The van der Waals surface area contributed by atoms with Gasteiger partial charge in [-0.05, 0) is 96.8 Å². The summed E-state index contributed by atoms with van der Waals surface area (Å²) in [4.78, 5) is 56.8. The van der Waals surface area contributed by atoms with E-state index in [0.29, 0.717) is 41.5 Å². The summed E-state index contributed by atoms with van der Waals surface area (Å²) in [6.07, 6.45) is 12.4. The Bertz CT molecular complexity index is 1920. The molecule has 3 atom stereocenters. The number of piperidine rings is 1. The van der Waals surface area contributed by atoms with Crippen LogP contribution < -0.4 is 0 Å². The van der Waals surface area contributed by atoms with Crippen molar-refractivity contribution in [2.24, 2.45) is 5.41 Å². The molecule has 11 heteroatoms. The van der Waals surface area contributed by atoms with Gasteiger partial charge in [0.2, 0.25) is 5.91 Å². The second-order valence-corrected chi connectivity index (χ2v) is 15.0. The largest absolute Gasteiger partial charge is 0.381 e. The second-order valence-electron chi connectivity index (χ2n) is 14.2. The topological polar surface area (TPSA) is 120 Å². The van der Waals surface area contributed by atoms with Gasteiger partial charge in [0, 0.05) is 48.3 Å². The molecule has 3 aromatic heterocycles. The maximum Gasteiger partial charge on any atom is 0.245 e. The number of carbonyl (C=O) groups is 3. The number of hydrogen-bond acceptors (Lipinski definition) is 8. The highest BCUT2D eigenvalue weighted by molar-refractivity contribution is 9.10. The quantitative estimate of drug-likeness (QED) is 0.168. The van der Waals surface area contributed by atoms with Crippen LogP contribution in [0.1, 0.15) is 91.4 Å². The van der Waals surface area contributed by atoms with Gasteiger partial charge in [0.1, 0.15) is 22.7 Å². The third kappa shape index (κ3) is 6.84. The standard InChI is InChI=1S/C38H43BrN6O4/c1-23-11-12-34(39)42-30(23)16-32(47)31-17-38-18-33(38)45(31)35(48)21-44-37-26(10-8-6-4-5-7-9-13-49-22-38)14-27(28-19-40-25(3)41-20-28)15-29(37)36(43-44)24(2)46/h11-12,14-15,19-20,31,33H,4-10,13,16-18,21-22H2,1-3H3/t31-,33+,38-/m0/s1. The molecule has 0 N–H and O–H groups in total. The average molecular weight is 728 g/mol. The van der Waals surface area contributed by atoms with Gasteiger partial charge in [-0.15, -0.1) is 0 Å². The van der Waals surface area contributed by atoms with Gasteiger partial charge in [-0.25, -0.2) is 15.0 Å². The van der Waals surface area contributed by atoms with Crippen molar-refractivity contribution < 1.29 is 19.1 Å². The Morgan fingerprint density at radius 1 is 1.00 bits per heavy atom. The van der Waals surface area contributed by atoms with Gasteiger partial charge in [-0.2, -0.15) is 5.10 Å². The predicted molar refractivity (Wildman–Crippen MR) is 189 cm³/mol. The summed E-state index contributed by atoms with van der Waals surface area (Å²) in [5.74, 6) is 0.347. The second kappa shape index (κ2) is 13.8. The van der Waals surface area contributed by atoms with Gasteiger partial charge in [-0.1, -0.05) is 31.7 Å². The number of carbonyl (C=O) groups excluding carboxylic acids is 3. The smallest absolute Gasteiger partial charge is 0.245 e. The Morgan fingerprint density at radius 3 is 2.53 bits per heavy atom. The van der Waals surface area contributed by atoms with E-state index < -0.39 is 6.04 Å². The Kier molecular flexibility index (Phi) is 9.49. The van der Waals surface area contributed by atoms with E-state index in [9.17, 15) is 14.4 Å². The highest BCUT2D eigenvalue weighted by Crippen LogP contribution is 2.60. The normalized spacial score (nSPS) is 23.2. The van der Waals surface area contributed by atoms with Crippen LogP contribution in [0.2, 0.25) is 0 Å². The molecule has 49 heavy (non-hydrogen) atoms. The van der Waals surface area contributed by atoms with Gasteiger partial charge in [0.05, 0.1) is 30.3 Å². The summed E-state index contributed by atoms with van der Waals surface area (Å²) in [5, 5.41) is 5.52. The molecule has 2 bridgehead atoms. The third-order valence-electron chi connectivity index (χ3n) is 10.6. The Labute approximate surface area is 295 Å². The molecule has 1 amide bonds. The highest BCUT2D eigenvalue weighted by Gasteiger charge is 2.67. The van der Waals surface area contributed by atoms with Crippen LogP contribution in [0, 0.1) is 19.3 Å². The zero-order valence-corrected chi connectivity index (χ0v) is 30.1. The molecule has 1 aromatic carbocycles. The monoisotopic (exact) mass is 726 g/mol. The van der Waals surface area contributed by atoms with E-state index >= 15 is 0 Å². The van der Waals surface area contributed by atoms with Crippen LogP contribution in [0.25, 0.3) is 22.0 Å². The molecule has 1 aliphatic carbocycles. The number of hydrogen-bond donors (Lipinski definition) is 0. The van der Waals surface area contributed by atoms with Crippen LogP contribution in [-0.2, 0) is 33.7 Å². The molecule has 7 rings (SSSR count). The van der Waals surface area contributed by atoms with Crippen molar-refractivity contribution >= 4 is 44.3 Å². The van der Waals surface area contributed by atoms with E-state index in [1.165, 1.54) is 6.92 Å². The Morgan fingerprint density at radius 2 is 1.76 bits per heavy atom. The molecule has 256 valence electrons. The molecule has 0 unspecified atom stereocenters. The third-order valence-corrected chi connectivity index (χ3v) is 11.1. The zero-order valence-electron chi connectivity index (χ0n) is 28.5. The summed E-state index contributed by atoms with van der Waals surface area (Å²) in [6, 6.07) is 7.30. The predicted octanol–water partition coefficient (Wildman–Crippen LogP) is 6.55. The van der Waals surface area contributed by atoms with Crippen LogP contribution in [-0.4, -0.2) is 72.4 Å². The van der Waals surface area contributed by atoms with Crippen LogP contribution >= 0.6 is 15.9 Å². The van der Waals surface area contributed by atoms with Crippen molar-refractivity contribution in [1.29, 1.82) is 0 Å². The molecular formula is C38H43BrN6O4. The minimum Gasteiger partial charge on any atom is -0.381 e. The maximum atomic E-state index is 14.5. The van der Waals surface area contributed by atoms with Gasteiger partial charge < -0.3 is 9.64 Å². The van der Waals surface area contributed by atoms with E-state index in [2.05, 4.69) is 36.9 Å². The number of ketones is 2. The molecule has 3 aliphatic rings. The van der Waals surface area contributed by atoms with Crippen LogP contribution in [0.4, 0.5) is 0 Å². The zero-order chi connectivity index (χ0) is 34.3. The van der Waals surface area contributed by atoms with Crippen LogP contribution in [0.15, 0.2) is 41.3 Å². The van der Waals surface area contributed by atoms with Crippen LogP contribution in [0.3, 0.4) is 0 Å². The van der Waals surface area contributed by atoms with Crippen molar-refractivity contribution in [2.75, 3.05) is 13.2 Å². The van der Waals surface area contributed by atoms with Crippen molar-refractivity contribution in [3.63, 3.8) is 0 Å². The number of halogens is 1. The molecule has 5 heterocycles. The van der Waals surface area contributed by atoms with Crippen molar-refractivity contribution in [1.82, 2.24) is 29.6 Å². The number of ether oxygens (including phenoxy) is 1. The summed E-state index contributed by atoms with van der Waals surface area (Å²) >= 11 is 3.44. The summed E-state index contributed by atoms with van der Waals surface area (Å²) in [6.45, 7) is 6.51. The number of pyridine rings is 1. The van der Waals surface area contributed by atoms with Crippen molar-refractivity contribution in [2.45, 2.75) is 104 Å². The number of rotatable bonds is 5. The van der Waals surface area contributed by atoms with Crippen LogP contribution in [0.5, 0.6) is 0 Å². The van der Waals surface area contributed by atoms with Crippen molar-refractivity contribution in [3.8, 4) is 11.1 Å². The number of benzene rings is 1. The Balaban J connectivity index is 1.27. The fourth-order valence-corrected chi connectivity index (χ4v) is 8.21. The fraction of sp³-hybridized carbons (Fsp3) is 0.500. The molecule has 1 saturated carbocycles. The summed E-state index contributed by atoms with van der Waals surface area (Å²) in [5.41, 5.74) is 5.41. The number of aryl methyl sites for hydroxylation is 3. The highest BCUT2D eigenvalue weighted by atomic mass is 79.9. The first-order valence-electron chi connectivity index (χ1n) is 17.5. The Hall–Kier alpha value is -3.83. The molecule has 1 saturated heterocycles. The van der Waals surface area contributed by atoms with E-state index in [-0.39, 0.29) is 41.9 Å². The minimum atomic E-state index is -0.571. The molecule has 0 spiro atoms.